The normalized spacial score (nSPS) is 10.1. The molecule has 2 aromatic rings. The maximum Gasteiger partial charge on any atom is 0.275 e. The first-order valence-electron chi connectivity index (χ1n) is 5.86. The number of aliphatic hydroxyl groups is 1. The summed E-state index contributed by atoms with van der Waals surface area (Å²) in [5.41, 5.74) is 2.53. The van der Waals surface area contributed by atoms with Gasteiger partial charge in [0.05, 0.1) is 19.2 Å². The second-order valence-corrected chi connectivity index (χ2v) is 4.48. The van der Waals surface area contributed by atoms with Crippen LogP contribution in [0.2, 0.25) is 0 Å². The zero-order valence-corrected chi connectivity index (χ0v) is 11.6. The molecule has 7 heteroatoms. The average molecular weight is 294 g/mol. The lowest BCUT2D eigenvalue weighted by atomic mass is 10.2. The molecule has 6 nitrogen and oxygen atoms in total. The third-order valence-electron chi connectivity index (χ3n) is 2.44. The summed E-state index contributed by atoms with van der Waals surface area (Å²) >= 11 is 1.35. The van der Waals surface area contributed by atoms with Crippen molar-refractivity contribution in [2.75, 3.05) is 25.6 Å². The SMILES string of the molecule is COc1ccc(NC(=O)c2cscn2)cc1OCCO. The van der Waals surface area contributed by atoms with Gasteiger partial charge in [-0.25, -0.2) is 4.98 Å². The molecule has 1 aromatic heterocycles. The minimum absolute atomic E-state index is 0.0986. The standard InChI is InChI=1S/C13H14N2O4S/c1-18-11-3-2-9(6-12(11)19-5-4-16)15-13(17)10-7-20-8-14-10/h2-3,6-8,16H,4-5H2,1H3,(H,15,17). The molecular formula is C13H14N2O4S. The molecule has 1 heterocycles. The Morgan fingerprint density at radius 2 is 2.30 bits per heavy atom. The van der Waals surface area contributed by atoms with Gasteiger partial charge in [-0.3, -0.25) is 4.79 Å². The summed E-state index contributed by atoms with van der Waals surface area (Å²) in [5.74, 6) is 0.701. The van der Waals surface area contributed by atoms with E-state index in [0.717, 1.165) is 0 Å². The van der Waals surface area contributed by atoms with Crippen molar-refractivity contribution < 1.29 is 19.4 Å². The Kier molecular flexibility index (Phi) is 4.91. The second kappa shape index (κ2) is 6.88. The number of anilines is 1. The molecule has 106 valence electrons. The van der Waals surface area contributed by atoms with E-state index in [9.17, 15) is 4.79 Å². The molecule has 0 unspecified atom stereocenters. The molecule has 1 aromatic carbocycles. The lowest BCUT2D eigenvalue weighted by Gasteiger charge is -2.12. The van der Waals surface area contributed by atoms with Gasteiger partial charge >= 0.3 is 0 Å². The van der Waals surface area contributed by atoms with Gasteiger partial charge in [-0.15, -0.1) is 11.3 Å². The topological polar surface area (TPSA) is 80.7 Å². The maximum absolute atomic E-state index is 11.9. The van der Waals surface area contributed by atoms with Crippen LogP contribution in [0, 0.1) is 0 Å². The summed E-state index contributed by atoms with van der Waals surface area (Å²) in [6.07, 6.45) is 0. The number of amides is 1. The van der Waals surface area contributed by atoms with Crippen molar-refractivity contribution in [1.82, 2.24) is 4.98 Å². The highest BCUT2D eigenvalue weighted by molar-refractivity contribution is 7.07. The van der Waals surface area contributed by atoms with E-state index in [4.69, 9.17) is 14.6 Å². The molecule has 0 aliphatic heterocycles. The maximum atomic E-state index is 11.9. The van der Waals surface area contributed by atoms with E-state index in [1.54, 1.807) is 29.1 Å². The summed E-state index contributed by atoms with van der Waals surface area (Å²) in [6, 6.07) is 5.02. The quantitative estimate of drug-likeness (QED) is 0.848. The fourth-order valence-electron chi connectivity index (χ4n) is 1.54. The Labute approximate surface area is 120 Å². The second-order valence-electron chi connectivity index (χ2n) is 3.77. The molecule has 0 saturated heterocycles. The van der Waals surface area contributed by atoms with Crippen LogP contribution in [0.15, 0.2) is 29.1 Å². The number of benzene rings is 1. The van der Waals surface area contributed by atoms with Crippen LogP contribution in [0.25, 0.3) is 0 Å². The highest BCUT2D eigenvalue weighted by Gasteiger charge is 2.10. The summed E-state index contributed by atoms with van der Waals surface area (Å²) in [6.45, 7) is 0.0540. The number of nitrogens with zero attached hydrogens (tertiary/aromatic N) is 1. The number of thiazole rings is 1. The predicted molar refractivity (Wildman–Crippen MR) is 75.6 cm³/mol. The zero-order chi connectivity index (χ0) is 14.4. The van der Waals surface area contributed by atoms with Gasteiger partial charge < -0.3 is 19.9 Å². The molecule has 0 aliphatic carbocycles. The highest BCUT2D eigenvalue weighted by atomic mass is 32.1. The van der Waals surface area contributed by atoms with Gasteiger partial charge in [-0.05, 0) is 12.1 Å². The Bertz CT molecular complexity index is 572. The van der Waals surface area contributed by atoms with Crippen LogP contribution >= 0.6 is 11.3 Å². The zero-order valence-electron chi connectivity index (χ0n) is 10.8. The molecule has 0 aliphatic rings. The molecule has 0 spiro atoms. The van der Waals surface area contributed by atoms with E-state index in [2.05, 4.69) is 10.3 Å². The Morgan fingerprint density at radius 3 is 2.95 bits per heavy atom. The number of hydrogen-bond acceptors (Lipinski definition) is 6. The van der Waals surface area contributed by atoms with Crippen LogP contribution in [-0.2, 0) is 0 Å². The number of ether oxygens (including phenoxy) is 2. The smallest absolute Gasteiger partial charge is 0.275 e. The number of carbonyl (C=O) groups is 1. The summed E-state index contributed by atoms with van der Waals surface area (Å²) in [5, 5.41) is 13.2. The van der Waals surface area contributed by atoms with Crippen LogP contribution in [-0.4, -0.2) is 36.3 Å². The van der Waals surface area contributed by atoms with Crippen molar-refractivity contribution in [2.24, 2.45) is 0 Å². The summed E-state index contributed by atoms with van der Waals surface area (Å²) < 4.78 is 10.5. The van der Waals surface area contributed by atoms with Crippen molar-refractivity contribution in [3.63, 3.8) is 0 Å². The first kappa shape index (κ1) is 14.3. The monoisotopic (exact) mass is 294 g/mol. The molecule has 0 atom stereocenters. The van der Waals surface area contributed by atoms with Gasteiger partial charge in [0.15, 0.2) is 11.5 Å². The number of methoxy groups -OCH3 is 1. The molecule has 0 fully saturated rings. The number of rotatable bonds is 6. The van der Waals surface area contributed by atoms with E-state index in [0.29, 0.717) is 22.9 Å². The first-order chi connectivity index (χ1) is 9.74. The highest BCUT2D eigenvalue weighted by Crippen LogP contribution is 2.30. The van der Waals surface area contributed by atoms with Gasteiger partial charge in [-0.1, -0.05) is 0 Å². The fraction of sp³-hybridized carbons (Fsp3) is 0.231. The van der Waals surface area contributed by atoms with E-state index >= 15 is 0 Å². The summed E-state index contributed by atoms with van der Waals surface area (Å²) in [7, 11) is 1.52. The molecule has 2 N–H and O–H groups in total. The minimum Gasteiger partial charge on any atom is -0.493 e. The number of aromatic nitrogens is 1. The lowest BCUT2D eigenvalue weighted by molar-refractivity contribution is 0.102. The van der Waals surface area contributed by atoms with Crippen LogP contribution in [0.1, 0.15) is 10.5 Å². The van der Waals surface area contributed by atoms with Crippen molar-refractivity contribution in [2.45, 2.75) is 0 Å². The first-order valence-corrected chi connectivity index (χ1v) is 6.80. The van der Waals surface area contributed by atoms with Gasteiger partial charge in [0.2, 0.25) is 0 Å². The molecule has 2 rings (SSSR count). The van der Waals surface area contributed by atoms with E-state index in [-0.39, 0.29) is 19.1 Å². The van der Waals surface area contributed by atoms with E-state index in [1.165, 1.54) is 18.4 Å². The van der Waals surface area contributed by atoms with E-state index < -0.39 is 0 Å². The Balaban J connectivity index is 2.13. The van der Waals surface area contributed by atoms with Crippen LogP contribution in [0.5, 0.6) is 11.5 Å². The molecule has 0 bridgehead atoms. The van der Waals surface area contributed by atoms with Crippen molar-refractivity contribution in [3.8, 4) is 11.5 Å². The minimum atomic E-state index is -0.287. The summed E-state index contributed by atoms with van der Waals surface area (Å²) in [4.78, 5) is 15.8. The number of aliphatic hydroxyl groups excluding tert-OH is 1. The number of hydrogen-bond donors (Lipinski definition) is 2. The third kappa shape index (κ3) is 3.46. The molecule has 20 heavy (non-hydrogen) atoms. The average Bonchev–Trinajstić information content (AvgIpc) is 2.99. The fourth-order valence-corrected chi connectivity index (χ4v) is 2.07. The lowest BCUT2D eigenvalue weighted by Crippen LogP contribution is -2.12. The van der Waals surface area contributed by atoms with Crippen LogP contribution in [0.4, 0.5) is 5.69 Å². The van der Waals surface area contributed by atoms with Gasteiger partial charge in [0.1, 0.15) is 12.3 Å². The molecule has 1 amide bonds. The molecule has 0 radical (unpaired) electrons. The van der Waals surface area contributed by atoms with Gasteiger partial charge in [0.25, 0.3) is 5.91 Å². The third-order valence-corrected chi connectivity index (χ3v) is 3.02. The Morgan fingerprint density at radius 1 is 1.45 bits per heavy atom. The molecular weight excluding hydrogens is 280 g/mol. The van der Waals surface area contributed by atoms with Crippen molar-refractivity contribution in [1.29, 1.82) is 0 Å². The van der Waals surface area contributed by atoms with Gasteiger partial charge in [0, 0.05) is 17.1 Å². The van der Waals surface area contributed by atoms with Crippen molar-refractivity contribution >= 4 is 22.9 Å². The predicted octanol–water partition coefficient (Wildman–Crippen LogP) is 1.78. The largest absolute Gasteiger partial charge is 0.493 e. The Hall–Kier alpha value is -2.12. The number of carbonyl (C=O) groups excluding carboxylic acids is 1. The van der Waals surface area contributed by atoms with Crippen molar-refractivity contribution in [3.05, 3.63) is 34.8 Å². The molecule has 0 saturated carbocycles. The van der Waals surface area contributed by atoms with Gasteiger partial charge in [-0.2, -0.15) is 0 Å². The van der Waals surface area contributed by atoms with E-state index in [1.807, 2.05) is 0 Å². The number of nitrogens with one attached hydrogen (secondary N) is 1. The van der Waals surface area contributed by atoms with Crippen LogP contribution in [0.3, 0.4) is 0 Å². The van der Waals surface area contributed by atoms with Crippen LogP contribution < -0.4 is 14.8 Å².